The highest BCUT2D eigenvalue weighted by molar-refractivity contribution is 5.93. The average Bonchev–Trinajstić information content (AvgIpc) is 2.67. The van der Waals surface area contributed by atoms with E-state index in [0.29, 0.717) is 11.3 Å². The summed E-state index contributed by atoms with van der Waals surface area (Å²) in [4.78, 5) is 11.3. The van der Waals surface area contributed by atoms with Crippen molar-refractivity contribution in [3.63, 3.8) is 0 Å². The molecule has 0 radical (unpaired) electrons. The van der Waals surface area contributed by atoms with Gasteiger partial charge in [0.1, 0.15) is 11.5 Å². The van der Waals surface area contributed by atoms with Gasteiger partial charge >= 0.3 is 0 Å². The lowest BCUT2D eigenvalue weighted by molar-refractivity contribution is 0.0706. The Morgan fingerprint density at radius 3 is 2.04 bits per heavy atom. The van der Waals surface area contributed by atoms with Crippen molar-refractivity contribution in [1.29, 1.82) is 0 Å². The summed E-state index contributed by atoms with van der Waals surface area (Å²) < 4.78 is 5.83. The predicted molar refractivity (Wildman–Crippen MR) is 99.3 cm³/mol. The van der Waals surface area contributed by atoms with E-state index < -0.39 is 5.91 Å². The van der Waals surface area contributed by atoms with Crippen molar-refractivity contribution >= 4 is 5.91 Å². The minimum atomic E-state index is -0.548. The third-order valence-corrected chi connectivity index (χ3v) is 4.81. The molecule has 0 unspecified atom stereocenters. The number of benzene rings is 2. The van der Waals surface area contributed by atoms with Crippen molar-refractivity contribution in [2.75, 3.05) is 0 Å². The minimum Gasteiger partial charge on any atom is -0.457 e. The zero-order chi connectivity index (χ0) is 18.3. The normalized spacial score (nSPS) is 11.0. The number of nitrogens with one attached hydrogen (secondary N) is 1. The maximum absolute atomic E-state index is 11.3. The third-order valence-electron chi connectivity index (χ3n) is 4.81. The van der Waals surface area contributed by atoms with Gasteiger partial charge in [-0.05, 0) is 66.6 Å². The summed E-state index contributed by atoms with van der Waals surface area (Å²) in [6, 6.07) is 14.7. The van der Waals surface area contributed by atoms with Gasteiger partial charge in [-0.1, -0.05) is 32.1 Å². The molecule has 0 aromatic heterocycles. The molecule has 1 amide bonds. The topological polar surface area (TPSA) is 58.6 Å². The second kappa shape index (κ2) is 8.49. The van der Waals surface area contributed by atoms with E-state index >= 15 is 0 Å². The fourth-order valence-corrected chi connectivity index (χ4v) is 3.09. The van der Waals surface area contributed by atoms with Gasteiger partial charge in [-0.25, -0.2) is 5.48 Å². The number of carbonyl (C=O) groups excluding carboxylic acids is 1. The molecule has 0 bridgehead atoms. The zero-order valence-corrected chi connectivity index (χ0v) is 14.8. The van der Waals surface area contributed by atoms with Gasteiger partial charge in [0.05, 0.1) is 0 Å². The van der Waals surface area contributed by atoms with Crippen LogP contribution in [0.4, 0.5) is 0 Å². The number of carbonyl (C=O) groups is 1. The first-order chi connectivity index (χ1) is 12.1. The van der Waals surface area contributed by atoms with Gasteiger partial charge in [0.25, 0.3) is 5.91 Å². The van der Waals surface area contributed by atoms with Crippen molar-refractivity contribution in [3.05, 3.63) is 72.3 Å². The Hall–Kier alpha value is -2.59. The predicted octanol–water partition coefficient (Wildman–Crippen LogP) is 5.23. The number of hydroxylamine groups is 1. The first-order valence-corrected chi connectivity index (χ1v) is 8.52. The Bertz CT molecular complexity index is 701. The van der Waals surface area contributed by atoms with Crippen LogP contribution < -0.4 is 10.2 Å². The highest BCUT2D eigenvalue weighted by Gasteiger charge is 2.26. The molecule has 25 heavy (non-hydrogen) atoms. The van der Waals surface area contributed by atoms with E-state index in [4.69, 9.17) is 9.94 Å². The number of rotatable bonds is 8. The molecule has 2 N–H and O–H groups in total. The van der Waals surface area contributed by atoms with Crippen molar-refractivity contribution in [3.8, 4) is 11.5 Å². The molecule has 0 aliphatic rings. The molecule has 132 valence electrons. The van der Waals surface area contributed by atoms with Crippen LogP contribution >= 0.6 is 0 Å². The first kappa shape index (κ1) is 18.7. The first-order valence-electron chi connectivity index (χ1n) is 8.52. The van der Waals surface area contributed by atoms with Crippen LogP contribution in [0.5, 0.6) is 11.5 Å². The SMILES string of the molecule is C=CCC(CC)(CC)c1ccc(Oc2ccc(C(=O)NO)cc2)cc1. The molecule has 2 rings (SSSR count). The van der Waals surface area contributed by atoms with Crippen molar-refractivity contribution in [2.24, 2.45) is 0 Å². The van der Waals surface area contributed by atoms with Gasteiger partial charge in [-0.3, -0.25) is 10.0 Å². The van der Waals surface area contributed by atoms with Gasteiger partial charge in [0, 0.05) is 5.56 Å². The highest BCUT2D eigenvalue weighted by atomic mass is 16.5. The Balaban J connectivity index is 2.14. The molecular formula is C21H25NO3. The van der Waals surface area contributed by atoms with Crippen LogP contribution in [-0.2, 0) is 5.41 Å². The third kappa shape index (κ3) is 4.28. The van der Waals surface area contributed by atoms with E-state index in [1.807, 2.05) is 18.2 Å². The molecule has 0 saturated heterocycles. The zero-order valence-electron chi connectivity index (χ0n) is 14.8. The molecule has 0 aliphatic heterocycles. The van der Waals surface area contributed by atoms with Crippen LogP contribution in [0, 0.1) is 0 Å². The average molecular weight is 339 g/mol. The number of hydrogen-bond donors (Lipinski definition) is 2. The molecule has 0 atom stereocenters. The maximum atomic E-state index is 11.3. The van der Waals surface area contributed by atoms with E-state index in [9.17, 15) is 4.79 Å². The number of amides is 1. The Morgan fingerprint density at radius 1 is 1.08 bits per heavy atom. The Morgan fingerprint density at radius 2 is 1.60 bits per heavy atom. The Labute approximate surface area is 149 Å². The minimum absolute atomic E-state index is 0.125. The maximum Gasteiger partial charge on any atom is 0.274 e. The molecule has 0 heterocycles. The lowest BCUT2D eigenvalue weighted by Gasteiger charge is -2.31. The fraction of sp³-hybridized carbons (Fsp3) is 0.286. The van der Waals surface area contributed by atoms with E-state index in [2.05, 4.69) is 32.6 Å². The van der Waals surface area contributed by atoms with E-state index in [0.717, 1.165) is 25.0 Å². The van der Waals surface area contributed by atoms with Gasteiger partial charge in [0.2, 0.25) is 0 Å². The molecule has 4 nitrogen and oxygen atoms in total. The number of allylic oxidation sites excluding steroid dienone is 1. The second-order valence-corrected chi connectivity index (χ2v) is 6.07. The van der Waals surface area contributed by atoms with Crippen LogP contribution in [0.25, 0.3) is 0 Å². The van der Waals surface area contributed by atoms with Crippen LogP contribution in [0.2, 0.25) is 0 Å². The van der Waals surface area contributed by atoms with Crippen LogP contribution in [0.1, 0.15) is 49.0 Å². The quantitative estimate of drug-likeness (QED) is 0.393. The summed E-state index contributed by atoms with van der Waals surface area (Å²) in [5, 5.41) is 8.63. The monoisotopic (exact) mass is 339 g/mol. The molecule has 0 saturated carbocycles. The van der Waals surface area contributed by atoms with E-state index in [-0.39, 0.29) is 5.41 Å². The lowest BCUT2D eigenvalue weighted by atomic mass is 9.73. The molecular weight excluding hydrogens is 314 g/mol. The number of ether oxygens (including phenoxy) is 1. The molecule has 2 aromatic rings. The molecule has 0 spiro atoms. The largest absolute Gasteiger partial charge is 0.457 e. The van der Waals surface area contributed by atoms with Crippen LogP contribution in [-0.4, -0.2) is 11.1 Å². The van der Waals surface area contributed by atoms with E-state index in [1.165, 1.54) is 5.56 Å². The van der Waals surface area contributed by atoms with Crippen molar-refractivity contribution in [1.82, 2.24) is 5.48 Å². The van der Waals surface area contributed by atoms with E-state index in [1.54, 1.807) is 29.7 Å². The molecule has 0 fully saturated rings. The lowest BCUT2D eigenvalue weighted by Crippen LogP contribution is -2.23. The van der Waals surface area contributed by atoms with Gasteiger partial charge in [-0.2, -0.15) is 0 Å². The Kier molecular flexibility index (Phi) is 6.37. The summed E-state index contributed by atoms with van der Waals surface area (Å²) in [5.74, 6) is 0.821. The van der Waals surface area contributed by atoms with Gasteiger partial charge < -0.3 is 4.74 Å². The van der Waals surface area contributed by atoms with Crippen LogP contribution in [0.3, 0.4) is 0 Å². The fourth-order valence-electron chi connectivity index (χ4n) is 3.09. The summed E-state index contributed by atoms with van der Waals surface area (Å²) in [5.41, 5.74) is 3.39. The van der Waals surface area contributed by atoms with Crippen molar-refractivity contribution in [2.45, 2.75) is 38.5 Å². The van der Waals surface area contributed by atoms with Gasteiger partial charge in [0.15, 0.2) is 0 Å². The number of hydrogen-bond acceptors (Lipinski definition) is 3. The van der Waals surface area contributed by atoms with Gasteiger partial charge in [-0.15, -0.1) is 6.58 Å². The summed E-state index contributed by atoms with van der Waals surface area (Å²) in [7, 11) is 0. The smallest absolute Gasteiger partial charge is 0.274 e. The highest BCUT2D eigenvalue weighted by Crippen LogP contribution is 2.36. The van der Waals surface area contributed by atoms with Crippen molar-refractivity contribution < 1.29 is 14.7 Å². The summed E-state index contributed by atoms with van der Waals surface area (Å²) >= 11 is 0. The van der Waals surface area contributed by atoms with Crippen LogP contribution in [0.15, 0.2) is 61.2 Å². The molecule has 2 aromatic carbocycles. The summed E-state index contributed by atoms with van der Waals surface area (Å²) in [6.45, 7) is 8.32. The molecule has 4 heteroatoms. The second-order valence-electron chi connectivity index (χ2n) is 6.07. The summed E-state index contributed by atoms with van der Waals surface area (Å²) in [6.07, 6.45) is 5.06. The molecule has 0 aliphatic carbocycles. The standard InChI is InChI=1S/C21H25NO3/c1-4-15-21(5-2,6-3)17-9-13-19(14-10-17)25-18-11-7-16(8-12-18)20(23)22-24/h4,7-14,24H,1,5-6,15H2,2-3H3,(H,22,23).